The molecular formula is C19H16N6O5S3. The van der Waals surface area contributed by atoms with E-state index < -0.39 is 29.2 Å². The summed E-state index contributed by atoms with van der Waals surface area (Å²) < 4.78 is 0. The highest BCUT2D eigenvalue weighted by Gasteiger charge is 2.54. The normalized spacial score (nSPS) is 20.5. The van der Waals surface area contributed by atoms with Gasteiger partial charge >= 0.3 is 5.97 Å². The molecule has 1 fully saturated rings. The van der Waals surface area contributed by atoms with Crippen LogP contribution >= 0.6 is 34.9 Å². The summed E-state index contributed by atoms with van der Waals surface area (Å²) in [5, 5.41) is 27.2. The Balaban J connectivity index is 1.48. The number of hydrogen-bond acceptors (Lipinski definition) is 11. The maximum atomic E-state index is 12.8. The van der Waals surface area contributed by atoms with Crippen molar-refractivity contribution in [2.75, 3.05) is 11.5 Å². The maximum Gasteiger partial charge on any atom is 0.352 e. The van der Waals surface area contributed by atoms with Gasteiger partial charge in [-0.2, -0.15) is 0 Å². The van der Waals surface area contributed by atoms with Crippen LogP contribution in [-0.2, 0) is 14.4 Å². The molecule has 0 aromatic carbocycles. The number of rotatable bonds is 7. The lowest BCUT2D eigenvalue weighted by molar-refractivity contribution is -0.150. The predicted molar refractivity (Wildman–Crippen MR) is 124 cm³/mol. The number of nitrogen functional groups attached to an aromatic ring is 1. The van der Waals surface area contributed by atoms with E-state index in [1.165, 1.54) is 28.9 Å². The van der Waals surface area contributed by atoms with Crippen LogP contribution in [0.3, 0.4) is 0 Å². The molecule has 2 aliphatic heterocycles. The fourth-order valence-corrected chi connectivity index (χ4v) is 5.74. The van der Waals surface area contributed by atoms with Crippen molar-refractivity contribution in [1.82, 2.24) is 20.2 Å². The summed E-state index contributed by atoms with van der Waals surface area (Å²) in [6, 6.07) is 2.67. The summed E-state index contributed by atoms with van der Waals surface area (Å²) in [6.45, 7) is 0. The second-order valence-electron chi connectivity index (χ2n) is 6.66. The fourth-order valence-electron chi connectivity index (χ4n) is 3.20. The van der Waals surface area contributed by atoms with Crippen LogP contribution < -0.4 is 11.1 Å². The molecule has 0 radical (unpaired) electrons. The van der Waals surface area contributed by atoms with Crippen molar-refractivity contribution in [3.8, 4) is 0 Å². The van der Waals surface area contributed by atoms with Gasteiger partial charge in [0.25, 0.3) is 11.8 Å². The fraction of sp³-hybridized carbons (Fsp3) is 0.158. The molecule has 1 unspecified atom stereocenters. The molecule has 5 N–H and O–H groups in total. The van der Waals surface area contributed by atoms with Gasteiger partial charge in [-0.1, -0.05) is 16.9 Å². The van der Waals surface area contributed by atoms with Crippen LogP contribution in [0.4, 0.5) is 5.13 Å². The van der Waals surface area contributed by atoms with Gasteiger partial charge in [-0.05, 0) is 29.2 Å². The van der Waals surface area contributed by atoms with Crippen molar-refractivity contribution >= 4 is 63.5 Å². The van der Waals surface area contributed by atoms with Crippen molar-refractivity contribution in [2.24, 2.45) is 5.16 Å². The number of carbonyl (C=O) groups is 3. The molecule has 2 aromatic rings. The molecule has 33 heavy (non-hydrogen) atoms. The number of carboxylic acid groups (broad SMARTS) is 1. The summed E-state index contributed by atoms with van der Waals surface area (Å²) >= 11 is 3.78. The zero-order chi connectivity index (χ0) is 23.5. The van der Waals surface area contributed by atoms with Crippen LogP contribution in [-0.4, -0.2) is 65.8 Å². The molecule has 4 heterocycles. The lowest BCUT2D eigenvalue weighted by Gasteiger charge is -2.49. The van der Waals surface area contributed by atoms with Crippen molar-refractivity contribution in [3.05, 3.63) is 58.4 Å². The molecule has 1 saturated heterocycles. The first-order chi connectivity index (χ1) is 15.9. The summed E-state index contributed by atoms with van der Waals surface area (Å²) in [5.74, 6) is -2.29. The lowest BCUT2D eigenvalue weighted by atomic mass is 10.0. The van der Waals surface area contributed by atoms with Crippen molar-refractivity contribution in [1.29, 1.82) is 0 Å². The predicted octanol–water partition coefficient (Wildman–Crippen LogP) is 1.34. The Morgan fingerprint density at radius 1 is 1.36 bits per heavy atom. The minimum absolute atomic E-state index is 0.0719. The summed E-state index contributed by atoms with van der Waals surface area (Å²) in [5.41, 5.74) is 5.60. The van der Waals surface area contributed by atoms with E-state index in [1.54, 1.807) is 23.9 Å². The molecule has 2 aliphatic rings. The number of carbonyl (C=O) groups excluding carboxylic acids is 2. The number of amides is 2. The molecule has 0 saturated carbocycles. The third-order valence-corrected chi connectivity index (χ3v) is 7.48. The van der Waals surface area contributed by atoms with E-state index in [4.69, 9.17) is 5.73 Å². The number of aliphatic carboxylic acids is 1. The monoisotopic (exact) mass is 504 g/mol. The number of pyridine rings is 1. The highest BCUT2D eigenvalue weighted by atomic mass is 32.2. The average molecular weight is 505 g/mol. The van der Waals surface area contributed by atoms with Crippen LogP contribution in [0, 0.1) is 0 Å². The van der Waals surface area contributed by atoms with E-state index in [1.807, 2.05) is 12.1 Å². The first kappa shape index (κ1) is 22.8. The van der Waals surface area contributed by atoms with Gasteiger partial charge in [0.2, 0.25) is 0 Å². The van der Waals surface area contributed by atoms with E-state index in [2.05, 4.69) is 20.4 Å². The van der Waals surface area contributed by atoms with E-state index in [-0.39, 0.29) is 22.2 Å². The number of fused-ring (bicyclic) bond motifs is 1. The SMILES string of the molecule is Nc1nc(C(=NO)C(=O)NC2C(=O)N3C(C(=O)O)=C(C=CSc4ccncc4)CS[C@@H]23)cs1. The van der Waals surface area contributed by atoms with Crippen molar-refractivity contribution in [2.45, 2.75) is 16.3 Å². The van der Waals surface area contributed by atoms with Crippen molar-refractivity contribution in [3.63, 3.8) is 0 Å². The Morgan fingerprint density at radius 2 is 2.12 bits per heavy atom. The van der Waals surface area contributed by atoms with Crippen LogP contribution in [0.5, 0.6) is 0 Å². The molecular weight excluding hydrogens is 488 g/mol. The van der Waals surface area contributed by atoms with Crippen LogP contribution in [0.15, 0.2) is 62.7 Å². The molecule has 0 spiro atoms. The third-order valence-electron chi connectivity index (χ3n) is 4.69. The van der Waals surface area contributed by atoms with E-state index in [0.29, 0.717) is 11.3 Å². The number of oxime groups is 1. The molecule has 170 valence electrons. The standard InChI is InChI=1S/C19H16N6O5S3/c20-19-22-11(8-33-19)12(24-30)15(26)23-13-16(27)25-14(18(28)29)9(7-32-17(13)25)3-6-31-10-1-4-21-5-2-10/h1-6,8,13,17,30H,7H2,(H2,20,22)(H,23,26)(H,28,29)/t13?,17-/m0/s1. The number of nitrogens with two attached hydrogens (primary N) is 1. The number of nitrogens with one attached hydrogen (secondary N) is 1. The van der Waals surface area contributed by atoms with Gasteiger partial charge in [-0.15, -0.1) is 23.1 Å². The van der Waals surface area contributed by atoms with Crippen LogP contribution in [0.2, 0.25) is 0 Å². The average Bonchev–Trinajstić information content (AvgIpc) is 3.23. The second kappa shape index (κ2) is 9.64. The minimum Gasteiger partial charge on any atom is -0.477 e. The molecule has 4 rings (SSSR count). The second-order valence-corrected chi connectivity index (χ2v) is 9.64. The number of aromatic nitrogens is 2. The Labute approximate surface area is 199 Å². The third kappa shape index (κ3) is 4.58. The van der Waals surface area contributed by atoms with Gasteiger partial charge in [0.1, 0.15) is 22.8 Å². The van der Waals surface area contributed by atoms with Gasteiger partial charge in [-0.3, -0.25) is 19.5 Å². The Morgan fingerprint density at radius 3 is 2.76 bits per heavy atom. The molecule has 2 atom stereocenters. The van der Waals surface area contributed by atoms with E-state index in [0.717, 1.165) is 21.1 Å². The first-order valence-corrected chi connectivity index (χ1v) is 12.1. The van der Waals surface area contributed by atoms with Gasteiger partial charge in [-0.25, -0.2) is 9.78 Å². The van der Waals surface area contributed by atoms with Crippen molar-refractivity contribution < 1.29 is 24.7 Å². The van der Waals surface area contributed by atoms with E-state index >= 15 is 0 Å². The smallest absolute Gasteiger partial charge is 0.352 e. The maximum absolute atomic E-state index is 12.8. The lowest BCUT2D eigenvalue weighted by Crippen LogP contribution is -2.71. The molecule has 2 aromatic heterocycles. The number of allylic oxidation sites excluding steroid dienone is 1. The zero-order valence-electron chi connectivity index (χ0n) is 16.6. The molecule has 0 aliphatic carbocycles. The summed E-state index contributed by atoms with van der Waals surface area (Å²) in [4.78, 5) is 47.2. The van der Waals surface area contributed by atoms with Gasteiger partial charge < -0.3 is 21.4 Å². The number of β-lactam (4-membered cyclic amide) rings is 1. The molecule has 0 bridgehead atoms. The molecule has 11 nitrogen and oxygen atoms in total. The van der Waals surface area contributed by atoms with Gasteiger partial charge in [0, 0.05) is 28.4 Å². The number of nitrogens with zero attached hydrogens (tertiary/aromatic N) is 4. The minimum atomic E-state index is -1.23. The summed E-state index contributed by atoms with van der Waals surface area (Å²) in [6.07, 6.45) is 4.98. The molecule has 2 amide bonds. The number of carboxylic acids is 1. The summed E-state index contributed by atoms with van der Waals surface area (Å²) in [7, 11) is 0. The zero-order valence-corrected chi connectivity index (χ0v) is 19.1. The Bertz CT molecular complexity index is 1200. The highest BCUT2D eigenvalue weighted by Crippen LogP contribution is 2.41. The van der Waals surface area contributed by atoms with Crippen LogP contribution in [0.25, 0.3) is 0 Å². The highest BCUT2D eigenvalue weighted by molar-refractivity contribution is 8.02. The number of hydrogen-bond donors (Lipinski definition) is 4. The Hall–Kier alpha value is -3.36. The van der Waals surface area contributed by atoms with Gasteiger partial charge in [0.05, 0.1) is 0 Å². The van der Waals surface area contributed by atoms with Gasteiger partial charge in [0.15, 0.2) is 10.8 Å². The quantitative estimate of drug-likeness (QED) is 0.142. The molecule has 14 heteroatoms. The van der Waals surface area contributed by atoms with E-state index in [9.17, 15) is 24.7 Å². The van der Waals surface area contributed by atoms with Crippen LogP contribution in [0.1, 0.15) is 5.69 Å². The Kier molecular flexibility index (Phi) is 6.67. The number of thioether (sulfide) groups is 2. The first-order valence-electron chi connectivity index (χ1n) is 9.29. The largest absolute Gasteiger partial charge is 0.477 e. The number of anilines is 1. The number of thiazole rings is 1. The topological polar surface area (TPSA) is 171 Å².